The van der Waals surface area contributed by atoms with Gasteiger partial charge in [-0.15, -0.1) is 0 Å². The number of carbonyl (C=O) groups excluding carboxylic acids is 2. The summed E-state index contributed by atoms with van der Waals surface area (Å²) in [6, 6.07) is 14.5. The fourth-order valence-corrected chi connectivity index (χ4v) is 5.50. The maximum absolute atomic E-state index is 13.3. The molecule has 1 aromatic heterocycles. The van der Waals surface area contributed by atoms with E-state index in [1.807, 2.05) is 34.1 Å². The summed E-state index contributed by atoms with van der Waals surface area (Å²) in [4.78, 5) is 35.2. The molecular formula is C27H32N4O2. The summed E-state index contributed by atoms with van der Waals surface area (Å²) in [6.07, 6.45) is 3.72. The van der Waals surface area contributed by atoms with Gasteiger partial charge in [-0.25, -0.2) is 4.98 Å². The Morgan fingerprint density at radius 2 is 1.85 bits per heavy atom. The van der Waals surface area contributed by atoms with Crippen LogP contribution in [0.4, 0.5) is 5.69 Å². The van der Waals surface area contributed by atoms with E-state index in [0.717, 1.165) is 53.1 Å². The van der Waals surface area contributed by atoms with Crippen LogP contribution in [0, 0.1) is 13.8 Å². The van der Waals surface area contributed by atoms with Gasteiger partial charge in [0, 0.05) is 37.2 Å². The molecule has 2 atom stereocenters. The van der Waals surface area contributed by atoms with Crippen LogP contribution in [0.25, 0.3) is 11.0 Å². The normalized spacial score (nSPS) is 21.2. The number of rotatable bonds is 4. The van der Waals surface area contributed by atoms with Gasteiger partial charge >= 0.3 is 0 Å². The molecule has 33 heavy (non-hydrogen) atoms. The highest BCUT2D eigenvalue weighted by Crippen LogP contribution is 2.34. The molecule has 2 fully saturated rings. The number of anilines is 1. The first-order valence-corrected chi connectivity index (χ1v) is 12.0. The molecule has 0 saturated carbocycles. The zero-order valence-electron chi connectivity index (χ0n) is 19.8. The smallest absolute Gasteiger partial charge is 0.242 e. The van der Waals surface area contributed by atoms with Crippen molar-refractivity contribution in [2.45, 2.75) is 65.0 Å². The molecule has 0 radical (unpaired) electrons. The molecule has 2 unspecified atom stereocenters. The Bertz CT molecular complexity index is 1190. The van der Waals surface area contributed by atoms with E-state index in [1.54, 1.807) is 0 Å². The number of hydrogen-bond acceptors (Lipinski definition) is 3. The van der Waals surface area contributed by atoms with Crippen molar-refractivity contribution in [3.63, 3.8) is 0 Å². The Morgan fingerprint density at radius 1 is 1.09 bits per heavy atom. The topological polar surface area (TPSA) is 58.4 Å². The van der Waals surface area contributed by atoms with Crippen molar-refractivity contribution >= 4 is 28.5 Å². The number of amides is 2. The largest absolute Gasteiger partial charge is 0.338 e. The number of para-hydroxylation sites is 2. The molecule has 6 nitrogen and oxygen atoms in total. The molecular weight excluding hydrogens is 412 g/mol. The quantitative estimate of drug-likeness (QED) is 0.592. The van der Waals surface area contributed by atoms with Crippen molar-refractivity contribution in [1.82, 2.24) is 14.5 Å². The molecule has 2 aliphatic heterocycles. The summed E-state index contributed by atoms with van der Waals surface area (Å²) in [5.74, 6) is 1.05. The highest BCUT2D eigenvalue weighted by Gasteiger charge is 2.35. The third-order valence-corrected chi connectivity index (χ3v) is 7.11. The van der Waals surface area contributed by atoms with Gasteiger partial charge in [0.15, 0.2) is 0 Å². The van der Waals surface area contributed by atoms with Crippen LogP contribution in [-0.2, 0) is 16.1 Å². The highest BCUT2D eigenvalue weighted by atomic mass is 16.2. The summed E-state index contributed by atoms with van der Waals surface area (Å²) >= 11 is 0. The molecule has 3 heterocycles. The Balaban J connectivity index is 1.47. The minimum absolute atomic E-state index is 0.0442. The number of piperidine rings is 1. The maximum atomic E-state index is 13.3. The van der Waals surface area contributed by atoms with Crippen LogP contribution in [0.5, 0.6) is 0 Å². The van der Waals surface area contributed by atoms with Gasteiger partial charge in [0.05, 0.1) is 11.0 Å². The van der Waals surface area contributed by atoms with E-state index in [-0.39, 0.29) is 30.3 Å². The second kappa shape index (κ2) is 8.65. The molecule has 3 aromatic rings. The van der Waals surface area contributed by atoms with Gasteiger partial charge in [-0.1, -0.05) is 18.2 Å². The summed E-state index contributed by atoms with van der Waals surface area (Å²) in [5, 5.41) is 0. The summed E-state index contributed by atoms with van der Waals surface area (Å²) < 4.78 is 2.06. The van der Waals surface area contributed by atoms with Gasteiger partial charge < -0.3 is 14.4 Å². The molecule has 2 aliphatic rings. The number of fused-ring (bicyclic) bond motifs is 1. The minimum Gasteiger partial charge on any atom is -0.338 e. The Kier molecular flexibility index (Phi) is 5.69. The van der Waals surface area contributed by atoms with E-state index in [4.69, 9.17) is 4.98 Å². The van der Waals surface area contributed by atoms with Crippen molar-refractivity contribution < 1.29 is 9.59 Å². The number of carbonyl (C=O) groups is 2. The molecule has 0 aliphatic carbocycles. The van der Waals surface area contributed by atoms with Crippen LogP contribution in [-0.4, -0.2) is 45.4 Å². The Morgan fingerprint density at radius 3 is 2.61 bits per heavy atom. The minimum atomic E-state index is -0.0442. The van der Waals surface area contributed by atoms with Crippen molar-refractivity contribution in [3.8, 4) is 0 Å². The molecule has 2 amide bonds. The van der Waals surface area contributed by atoms with Crippen molar-refractivity contribution in [3.05, 3.63) is 59.4 Å². The lowest BCUT2D eigenvalue weighted by Crippen LogP contribution is -2.43. The van der Waals surface area contributed by atoms with Crippen molar-refractivity contribution in [2.75, 3.05) is 18.0 Å². The Hall–Kier alpha value is -3.15. The molecule has 5 rings (SSSR count). The predicted octanol–water partition coefficient (Wildman–Crippen LogP) is 4.57. The monoisotopic (exact) mass is 444 g/mol. The number of aryl methyl sites for hydroxylation is 2. The molecule has 0 spiro atoms. The number of nitrogens with zero attached hydrogens (tertiary/aromatic N) is 4. The molecule has 6 heteroatoms. The first kappa shape index (κ1) is 21.7. The second-order valence-electron chi connectivity index (χ2n) is 9.73. The van der Waals surface area contributed by atoms with E-state index in [1.165, 1.54) is 6.42 Å². The van der Waals surface area contributed by atoms with Crippen LogP contribution in [0.1, 0.15) is 55.5 Å². The molecule has 172 valence electrons. The van der Waals surface area contributed by atoms with Gasteiger partial charge in [-0.2, -0.15) is 0 Å². The molecule has 2 saturated heterocycles. The average molecular weight is 445 g/mol. The number of hydrogen-bond donors (Lipinski definition) is 0. The average Bonchev–Trinajstić information content (AvgIpc) is 3.34. The zero-order valence-corrected chi connectivity index (χ0v) is 19.8. The SMILES string of the molecule is Cc1cc(C)cc(N2CC(c3nc4ccccc4n3CC(=O)N3CCCCC3C)CC2=O)c1. The highest BCUT2D eigenvalue weighted by molar-refractivity contribution is 5.96. The van der Waals surface area contributed by atoms with Crippen molar-refractivity contribution in [1.29, 1.82) is 0 Å². The fraction of sp³-hybridized carbons (Fsp3) is 0.444. The zero-order chi connectivity index (χ0) is 23.1. The number of aromatic nitrogens is 2. The van der Waals surface area contributed by atoms with Crippen LogP contribution < -0.4 is 4.90 Å². The third kappa shape index (κ3) is 4.14. The van der Waals surface area contributed by atoms with E-state index >= 15 is 0 Å². The van der Waals surface area contributed by atoms with E-state index in [2.05, 4.69) is 43.5 Å². The summed E-state index contributed by atoms with van der Waals surface area (Å²) in [6.45, 7) is 7.93. The van der Waals surface area contributed by atoms with Gasteiger partial charge in [0.25, 0.3) is 0 Å². The number of likely N-dealkylation sites (tertiary alicyclic amines) is 1. The lowest BCUT2D eigenvalue weighted by atomic mass is 10.0. The standard InChI is InChI=1S/C27H32N4O2/c1-18-12-19(2)14-22(13-18)30-16-21(15-25(30)32)27-28-23-9-4-5-10-24(23)31(27)17-26(33)29-11-7-6-8-20(29)3/h4-5,9-10,12-14,20-21H,6-8,11,15-17H2,1-3H3. The first-order valence-electron chi connectivity index (χ1n) is 12.0. The molecule has 0 N–H and O–H groups in total. The lowest BCUT2D eigenvalue weighted by Gasteiger charge is -2.33. The van der Waals surface area contributed by atoms with E-state index < -0.39 is 0 Å². The summed E-state index contributed by atoms with van der Waals surface area (Å²) in [7, 11) is 0. The van der Waals surface area contributed by atoms with E-state index in [9.17, 15) is 9.59 Å². The van der Waals surface area contributed by atoms with Crippen molar-refractivity contribution in [2.24, 2.45) is 0 Å². The maximum Gasteiger partial charge on any atom is 0.242 e. The summed E-state index contributed by atoms with van der Waals surface area (Å²) in [5.41, 5.74) is 5.08. The van der Waals surface area contributed by atoms with Gasteiger partial charge in [0.2, 0.25) is 11.8 Å². The fourth-order valence-electron chi connectivity index (χ4n) is 5.50. The molecule has 2 aromatic carbocycles. The predicted molar refractivity (Wildman–Crippen MR) is 130 cm³/mol. The number of imidazole rings is 1. The van der Waals surface area contributed by atoms with E-state index in [0.29, 0.717) is 13.0 Å². The molecule has 0 bridgehead atoms. The van der Waals surface area contributed by atoms with Crippen LogP contribution in [0.2, 0.25) is 0 Å². The lowest BCUT2D eigenvalue weighted by molar-refractivity contribution is -0.135. The third-order valence-electron chi connectivity index (χ3n) is 7.11. The second-order valence-corrected chi connectivity index (χ2v) is 9.73. The first-order chi connectivity index (χ1) is 15.9. The van der Waals surface area contributed by atoms with Crippen LogP contribution in [0.3, 0.4) is 0 Å². The van der Waals surface area contributed by atoms with Gasteiger partial charge in [0.1, 0.15) is 12.4 Å². The number of benzene rings is 2. The van der Waals surface area contributed by atoms with Gasteiger partial charge in [-0.05, 0) is 75.4 Å². The Labute approximate surface area is 195 Å². The van der Waals surface area contributed by atoms with Gasteiger partial charge in [-0.3, -0.25) is 9.59 Å². The van der Waals surface area contributed by atoms with Crippen LogP contribution >= 0.6 is 0 Å². The van der Waals surface area contributed by atoms with Crippen LogP contribution in [0.15, 0.2) is 42.5 Å².